The zero-order chi connectivity index (χ0) is 15.1. The van der Waals surface area contributed by atoms with Crippen LogP contribution in [0, 0.1) is 5.92 Å². The first-order valence-corrected chi connectivity index (χ1v) is 7.26. The molecule has 0 heterocycles. The Hall–Kier alpha value is -1.56. The van der Waals surface area contributed by atoms with Crippen molar-refractivity contribution < 1.29 is 14.7 Å². The van der Waals surface area contributed by atoms with Gasteiger partial charge in [-0.2, -0.15) is 0 Å². The number of nitrogens with one attached hydrogen (secondary N) is 2. The van der Waals surface area contributed by atoms with Gasteiger partial charge in [0.1, 0.15) is 0 Å². The first kappa shape index (κ1) is 16.5. The number of aliphatic carboxylic acids is 1. The number of carboxylic acids is 1. The quantitative estimate of drug-likeness (QED) is 0.742. The van der Waals surface area contributed by atoms with E-state index < -0.39 is 5.97 Å². The van der Waals surface area contributed by atoms with Gasteiger partial charge in [0.25, 0.3) is 0 Å². The normalized spacial score (nSPS) is 11.8. The number of anilines is 1. The Bertz CT molecular complexity index is 491. The molecule has 2 amide bonds. The monoisotopic (exact) mass is 342 g/mol. The van der Waals surface area contributed by atoms with Gasteiger partial charge in [0.15, 0.2) is 0 Å². The van der Waals surface area contributed by atoms with E-state index in [4.69, 9.17) is 5.11 Å². The topological polar surface area (TPSA) is 78.4 Å². The number of carbonyl (C=O) groups excluding carboxylic acids is 1. The summed E-state index contributed by atoms with van der Waals surface area (Å²) in [7, 11) is 0. The Labute approximate surface area is 126 Å². The molecule has 20 heavy (non-hydrogen) atoms. The molecule has 0 radical (unpaired) electrons. The number of carboxylic acid groups (broad SMARTS) is 1. The zero-order valence-electron chi connectivity index (χ0n) is 11.6. The predicted molar refractivity (Wildman–Crippen MR) is 82.0 cm³/mol. The summed E-state index contributed by atoms with van der Waals surface area (Å²) in [5, 5.41) is 14.1. The number of amides is 2. The lowest BCUT2D eigenvalue weighted by Gasteiger charge is -2.13. The highest BCUT2D eigenvalue weighted by molar-refractivity contribution is 9.10. The van der Waals surface area contributed by atoms with E-state index in [-0.39, 0.29) is 18.4 Å². The summed E-state index contributed by atoms with van der Waals surface area (Å²) < 4.78 is 0.968. The van der Waals surface area contributed by atoms with Crippen LogP contribution in [0.5, 0.6) is 0 Å². The van der Waals surface area contributed by atoms with Crippen LogP contribution in [0.2, 0.25) is 0 Å². The van der Waals surface area contributed by atoms with Gasteiger partial charge in [-0.25, -0.2) is 4.79 Å². The van der Waals surface area contributed by atoms with Crippen molar-refractivity contribution >= 4 is 33.6 Å². The van der Waals surface area contributed by atoms with Crippen molar-refractivity contribution in [3.63, 3.8) is 0 Å². The SMILES string of the molecule is CCc1cc(Br)ccc1NC(=O)NCC(C)CC(=O)O. The van der Waals surface area contributed by atoms with Crippen LogP contribution in [0.25, 0.3) is 0 Å². The lowest BCUT2D eigenvalue weighted by atomic mass is 10.1. The van der Waals surface area contributed by atoms with E-state index in [0.717, 1.165) is 22.1 Å². The van der Waals surface area contributed by atoms with Crippen molar-refractivity contribution in [3.8, 4) is 0 Å². The third-order valence-electron chi connectivity index (χ3n) is 2.83. The number of halogens is 1. The number of hydrogen-bond donors (Lipinski definition) is 3. The highest BCUT2D eigenvalue weighted by atomic mass is 79.9. The van der Waals surface area contributed by atoms with Crippen molar-refractivity contribution in [2.75, 3.05) is 11.9 Å². The van der Waals surface area contributed by atoms with Crippen molar-refractivity contribution in [3.05, 3.63) is 28.2 Å². The fraction of sp³-hybridized carbons (Fsp3) is 0.429. The fourth-order valence-electron chi connectivity index (χ4n) is 1.78. The second kappa shape index (κ2) is 7.89. The molecule has 0 spiro atoms. The van der Waals surface area contributed by atoms with Crippen LogP contribution < -0.4 is 10.6 Å². The van der Waals surface area contributed by atoms with Crippen LogP contribution in [0.15, 0.2) is 22.7 Å². The minimum absolute atomic E-state index is 0.0405. The van der Waals surface area contributed by atoms with E-state index in [1.807, 2.05) is 25.1 Å². The maximum absolute atomic E-state index is 11.8. The molecule has 1 rings (SSSR count). The molecule has 0 aliphatic heterocycles. The van der Waals surface area contributed by atoms with Crippen molar-refractivity contribution in [1.29, 1.82) is 0 Å². The third-order valence-corrected chi connectivity index (χ3v) is 3.32. The molecule has 0 aliphatic rings. The van der Waals surface area contributed by atoms with E-state index in [2.05, 4.69) is 26.6 Å². The van der Waals surface area contributed by atoms with Gasteiger partial charge in [-0.1, -0.05) is 29.8 Å². The predicted octanol–water partition coefficient (Wildman–Crippen LogP) is 3.24. The molecule has 6 heteroatoms. The molecule has 0 aromatic heterocycles. The smallest absolute Gasteiger partial charge is 0.319 e. The minimum atomic E-state index is -0.860. The summed E-state index contributed by atoms with van der Waals surface area (Å²) in [5.41, 5.74) is 1.80. The van der Waals surface area contributed by atoms with Crippen molar-refractivity contribution in [2.24, 2.45) is 5.92 Å². The Balaban J connectivity index is 2.52. The first-order valence-electron chi connectivity index (χ1n) is 6.47. The summed E-state index contributed by atoms with van der Waals surface area (Å²) in [6.07, 6.45) is 0.850. The van der Waals surface area contributed by atoms with Crippen LogP contribution in [-0.2, 0) is 11.2 Å². The van der Waals surface area contributed by atoms with Gasteiger partial charge in [0, 0.05) is 23.1 Å². The van der Waals surface area contributed by atoms with Crippen molar-refractivity contribution in [2.45, 2.75) is 26.7 Å². The van der Waals surface area contributed by atoms with Gasteiger partial charge in [-0.3, -0.25) is 4.79 Å². The van der Waals surface area contributed by atoms with E-state index in [0.29, 0.717) is 6.54 Å². The molecule has 1 aromatic rings. The van der Waals surface area contributed by atoms with Crippen molar-refractivity contribution in [1.82, 2.24) is 5.32 Å². The number of aryl methyl sites for hydroxylation is 1. The molecule has 1 aromatic carbocycles. The van der Waals surface area contributed by atoms with Gasteiger partial charge in [-0.05, 0) is 36.1 Å². The average molecular weight is 343 g/mol. The minimum Gasteiger partial charge on any atom is -0.481 e. The lowest BCUT2D eigenvalue weighted by Crippen LogP contribution is -2.33. The van der Waals surface area contributed by atoms with Gasteiger partial charge < -0.3 is 15.7 Å². The number of rotatable bonds is 6. The van der Waals surface area contributed by atoms with E-state index in [9.17, 15) is 9.59 Å². The van der Waals surface area contributed by atoms with E-state index in [1.165, 1.54) is 0 Å². The molecule has 5 nitrogen and oxygen atoms in total. The standard InChI is InChI=1S/C14H19BrN2O3/c1-3-10-7-11(15)4-5-12(10)17-14(20)16-8-9(2)6-13(18)19/h4-5,7,9H,3,6,8H2,1-2H3,(H,18,19)(H2,16,17,20). The van der Waals surface area contributed by atoms with Crippen LogP contribution in [0.4, 0.5) is 10.5 Å². The Morgan fingerprint density at radius 3 is 2.70 bits per heavy atom. The van der Waals surface area contributed by atoms with Gasteiger partial charge in [0.05, 0.1) is 0 Å². The second-order valence-corrected chi connectivity index (χ2v) is 5.61. The molecular formula is C14H19BrN2O3. The summed E-state index contributed by atoms with van der Waals surface area (Å²) in [4.78, 5) is 22.3. The van der Waals surface area contributed by atoms with E-state index >= 15 is 0 Å². The number of hydrogen-bond acceptors (Lipinski definition) is 2. The number of benzene rings is 1. The molecule has 0 fully saturated rings. The highest BCUT2D eigenvalue weighted by Crippen LogP contribution is 2.21. The summed E-state index contributed by atoms with van der Waals surface area (Å²) >= 11 is 3.39. The molecule has 0 bridgehead atoms. The maximum atomic E-state index is 11.8. The fourth-order valence-corrected chi connectivity index (χ4v) is 2.19. The third kappa shape index (κ3) is 5.61. The molecule has 0 saturated heterocycles. The Morgan fingerprint density at radius 1 is 1.40 bits per heavy atom. The Morgan fingerprint density at radius 2 is 2.10 bits per heavy atom. The largest absolute Gasteiger partial charge is 0.481 e. The van der Waals surface area contributed by atoms with Crippen LogP contribution in [0.3, 0.4) is 0 Å². The van der Waals surface area contributed by atoms with Gasteiger partial charge in [0.2, 0.25) is 0 Å². The van der Waals surface area contributed by atoms with Crippen LogP contribution in [0.1, 0.15) is 25.8 Å². The number of urea groups is 1. The molecule has 1 atom stereocenters. The molecule has 110 valence electrons. The second-order valence-electron chi connectivity index (χ2n) is 4.69. The molecule has 0 aliphatic carbocycles. The van der Waals surface area contributed by atoms with Gasteiger partial charge in [-0.15, -0.1) is 0 Å². The van der Waals surface area contributed by atoms with Crippen LogP contribution >= 0.6 is 15.9 Å². The molecule has 1 unspecified atom stereocenters. The molecular weight excluding hydrogens is 324 g/mol. The first-order chi connectivity index (χ1) is 9.42. The molecule has 0 saturated carbocycles. The van der Waals surface area contributed by atoms with E-state index in [1.54, 1.807) is 6.92 Å². The average Bonchev–Trinajstić information content (AvgIpc) is 2.37. The summed E-state index contributed by atoms with van der Waals surface area (Å²) in [6.45, 7) is 4.13. The summed E-state index contributed by atoms with van der Waals surface area (Å²) in [6, 6.07) is 5.34. The summed E-state index contributed by atoms with van der Waals surface area (Å²) in [5.74, 6) is -0.963. The number of carbonyl (C=O) groups is 2. The highest BCUT2D eigenvalue weighted by Gasteiger charge is 2.10. The Kier molecular flexibility index (Phi) is 6.51. The molecule has 3 N–H and O–H groups in total. The van der Waals surface area contributed by atoms with Crippen LogP contribution in [-0.4, -0.2) is 23.7 Å². The maximum Gasteiger partial charge on any atom is 0.319 e. The van der Waals surface area contributed by atoms with Gasteiger partial charge >= 0.3 is 12.0 Å². The lowest BCUT2D eigenvalue weighted by molar-refractivity contribution is -0.137. The zero-order valence-corrected chi connectivity index (χ0v) is 13.2.